The van der Waals surface area contributed by atoms with Gasteiger partial charge in [0.2, 0.25) is 0 Å². The molecule has 10 heteroatoms. The van der Waals surface area contributed by atoms with Gasteiger partial charge in [-0.05, 0) is 106 Å². The van der Waals surface area contributed by atoms with Crippen molar-refractivity contribution < 1.29 is 19.4 Å². The van der Waals surface area contributed by atoms with Gasteiger partial charge < -0.3 is 20.1 Å². The number of aryl methyl sites for hydroxylation is 6. The van der Waals surface area contributed by atoms with Crippen LogP contribution in [0, 0.1) is 34.6 Å². The monoisotopic (exact) mass is 660 g/mol. The van der Waals surface area contributed by atoms with Crippen LogP contribution in [0.3, 0.4) is 0 Å². The van der Waals surface area contributed by atoms with Gasteiger partial charge in [0.1, 0.15) is 11.4 Å². The quantitative estimate of drug-likeness (QED) is 0.124. The van der Waals surface area contributed by atoms with Gasteiger partial charge in [-0.1, -0.05) is 41.4 Å². The molecule has 5 rings (SSSR count). The normalized spacial score (nSPS) is 11.3. The summed E-state index contributed by atoms with van der Waals surface area (Å²) in [5.41, 5.74) is 9.33. The third-order valence-electron chi connectivity index (χ3n) is 8.57. The number of aromatic nitrogens is 3. The first-order chi connectivity index (χ1) is 21.9. The molecule has 1 amide bonds. The van der Waals surface area contributed by atoms with Gasteiger partial charge in [0.05, 0.1) is 28.4 Å². The van der Waals surface area contributed by atoms with Crippen LogP contribution in [0.25, 0.3) is 22.0 Å². The molecule has 240 valence electrons. The van der Waals surface area contributed by atoms with Gasteiger partial charge >= 0.3 is 5.97 Å². The van der Waals surface area contributed by atoms with E-state index in [1.807, 2.05) is 76.7 Å². The number of nitrogens with one attached hydrogen (secondary N) is 2. The van der Waals surface area contributed by atoms with Crippen molar-refractivity contribution in [3.05, 3.63) is 103 Å². The standard InChI is InChI=1S/C36H38Cl2N4O4/c1-19-9-7-10-28(36(44)45)25(19)14-15-39-35(43)34-26(11-8-16-46-24-17-20(2)32(38)21(3)18-24)27-12-13-29(37)31(33(27)40-34)30-22(4)41-42(6)23(30)5/h7,9-10,12-13,17-18,40H,8,11,14-16H2,1-6H3,(H,39,43)(H,44,45). The smallest absolute Gasteiger partial charge is 0.335 e. The van der Waals surface area contributed by atoms with Gasteiger partial charge in [0.15, 0.2) is 0 Å². The van der Waals surface area contributed by atoms with Crippen LogP contribution in [0.1, 0.15) is 66.5 Å². The van der Waals surface area contributed by atoms with E-state index in [1.165, 1.54) is 0 Å². The molecule has 0 unspecified atom stereocenters. The number of aromatic carboxylic acids is 1. The lowest BCUT2D eigenvalue weighted by atomic mass is 9.98. The summed E-state index contributed by atoms with van der Waals surface area (Å²) in [5.74, 6) is -0.507. The molecule has 0 spiro atoms. The Morgan fingerprint density at radius 3 is 2.33 bits per heavy atom. The second-order valence-corrected chi connectivity index (χ2v) is 12.5. The van der Waals surface area contributed by atoms with Crippen LogP contribution in [-0.2, 0) is 19.9 Å². The van der Waals surface area contributed by atoms with Crippen molar-refractivity contribution in [3.8, 4) is 16.9 Å². The van der Waals surface area contributed by atoms with E-state index in [0.29, 0.717) is 42.1 Å². The largest absolute Gasteiger partial charge is 0.494 e. The molecule has 0 radical (unpaired) electrons. The Hall–Kier alpha value is -4.27. The number of hydrogen-bond acceptors (Lipinski definition) is 4. The molecule has 0 aliphatic heterocycles. The van der Waals surface area contributed by atoms with Crippen LogP contribution >= 0.6 is 23.2 Å². The van der Waals surface area contributed by atoms with Gasteiger partial charge in [-0.25, -0.2) is 4.79 Å². The summed E-state index contributed by atoms with van der Waals surface area (Å²) in [6, 6.07) is 12.9. The molecule has 2 heterocycles. The van der Waals surface area contributed by atoms with Crippen molar-refractivity contribution in [3.63, 3.8) is 0 Å². The fraction of sp³-hybridized carbons (Fsp3) is 0.306. The number of H-pyrrole nitrogens is 1. The number of benzene rings is 3. The molecular weight excluding hydrogens is 623 g/mol. The van der Waals surface area contributed by atoms with Crippen LogP contribution in [-0.4, -0.2) is 44.9 Å². The van der Waals surface area contributed by atoms with Crippen molar-refractivity contribution in [2.24, 2.45) is 7.05 Å². The summed E-state index contributed by atoms with van der Waals surface area (Å²) in [6.45, 7) is 10.4. The summed E-state index contributed by atoms with van der Waals surface area (Å²) in [7, 11) is 1.90. The molecule has 3 N–H and O–H groups in total. The molecule has 0 atom stereocenters. The highest BCUT2D eigenvalue weighted by Gasteiger charge is 2.24. The van der Waals surface area contributed by atoms with Crippen molar-refractivity contribution in [2.45, 2.75) is 53.9 Å². The fourth-order valence-electron chi connectivity index (χ4n) is 6.18. The number of carboxylic acid groups (broad SMARTS) is 1. The van der Waals surface area contributed by atoms with Crippen LogP contribution in [0.2, 0.25) is 10.0 Å². The first-order valence-electron chi connectivity index (χ1n) is 15.2. The number of halogens is 2. The number of ether oxygens (including phenoxy) is 1. The lowest BCUT2D eigenvalue weighted by Gasteiger charge is -2.12. The maximum absolute atomic E-state index is 13.8. The van der Waals surface area contributed by atoms with E-state index in [0.717, 1.165) is 66.4 Å². The van der Waals surface area contributed by atoms with E-state index in [4.69, 9.17) is 27.9 Å². The number of carboxylic acids is 1. The van der Waals surface area contributed by atoms with Gasteiger partial charge in [0.25, 0.3) is 5.91 Å². The summed E-state index contributed by atoms with van der Waals surface area (Å²) in [6.07, 6.45) is 1.61. The molecule has 2 aromatic heterocycles. The second-order valence-electron chi connectivity index (χ2n) is 11.7. The van der Waals surface area contributed by atoms with Crippen LogP contribution in [0.4, 0.5) is 0 Å². The molecule has 8 nitrogen and oxygen atoms in total. The van der Waals surface area contributed by atoms with Crippen molar-refractivity contribution in [2.75, 3.05) is 13.2 Å². The average molecular weight is 662 g/mol. The second kappa shape index (κ2) is 13.6. The molecule has 0 aliphatic rings. The number of amides is 1. The number of rotatable bonds is 11. The molecule has 5 aromatic rings. The van der Waals surface area contributed by atoms with Crippen molar-refractivity contribution in [1.29, 1.82) is 0 Å². The van der Waals surface area contributed by atoms with E-state index in [2.05, 4.69) is 15.4 Å². The molecule has 46 heavy (non-hydrogen) atoms. The first kappa shape index (κ1) is 33.1. The van der Waals surface area contributed by atoms with E-state index >= 15 is 0 Å². The Balaban J connectivity index is 1.46. The highest BCUT2D eigenvalue weighted by Crippen LogP contribution is 2.40. The van der Waals surface area contributed by atoms with Crippen LogP contribution in [0.5, 0.6) is 5.75 Å². The zero-order chi connectivity index (χ0) is 33.3. The van der Waals surface area contributed by atoms with E-state index in [1.54, 1.807) is 12.1 Å². The van der Waals surface area contributed by atoms with Gasteiger partial charge in [-0.2, -0.15) is 5.10 Å². The number of fused-ring (bicyclic) bond motifs is 1. The minimum Gasteiger partial charge on any atom is -0.494 e. The van der Waals surface area contributed by atoms with Gasteiger partial charge in [-0.15, -0.1) is 0 Å². The molecular formula is C36H38Cl2N4O4. The highest BCUT2D eigenvalue weighted by atomic mass is 35.5. The van der Waals surface area contributed by atoms with Crippen LogP contribution in [0.15, 0.2) is 42.5 Å². The average Bonchev–Trinajstić information content (AvgIpc) is 3.49. The lowest BCUT2D eigenvalue weighted by molar-refractivity contribution is 0.0695. The summed E-state index contributed by atoms with van der Waals surface area (Å²) >= 11 is 13.2. The first-order valence-corrected chi connectivity index (χ1v) is 16.0. The van der Waals surface area contributed by atoms with Gasteiger partial charge in [0, 0.05) is 40.8 Å². The molecule has 3 aromatic carbocycles. The Labute approximate surface area is 278 Å². The third kappa shape index (κ3) is 6.50. The van der Waals surface area contributed by atoms with Crippen molar-refractivity contribution >= 4 is 46.0 Å². The Morgan fingerprint density at radius 1 is 0.957 bits per heavy atom. The zero-order valence-electron chi connectivity index (χ0n) is 26.9. The maximum atomic E-state index is 13.8. The topological polar surface area (TPSA) is 109 Å². The summed E-state index contributed by atoms with van der Waals surface area (Å²) in [4.78, 5) is 29.0. The zero-order valence-corrected chi connectivity index (χ0v) is 28.4. The van der Waals surface area contributed by atoms with E-state index in [-0.39, 0.29) is 18.0 Å². The Bertz CT molecular complexity index is 1950. The van der Waals surface area contributed by atoms with E-state index in [9.17, 15) is 14.7 Å². The Kier molecular flexibility index (Phi) is 9.79. The SMILES string of the molecule is Cc1cc(OCCCc2c(C(=O)NCCc3c(C)cccc3C(=O)O)[nH]c3c(-c4c(C)nn(C)c4C)c(Cl)ccc23)cc(C)c1Cl. The minimum atomic E-state index is -0.987. The number of hydrogen-bond donors (Lipinski definition) is 3. The predicted molar refractivity (Wildman–Crippen MR) is 184 cm³/mol. The molecule has 0 saturated heterocycles. The lowest BCUT2D eigenvalue weighted by Crippen LogP contribution is -2.27. The molecule has 0 saturated carbocycles. The van der Waals surface area contributed by atoms with E-state index < -0.39 is 5.97 Å². The van der Waals surface area contributed by atoms with Gasteiger partial charge in [-0.3, -0.25) is 9.48 Å². The number of carbonyl (C=O) groups excluding carboxylic acids is 1. The summed E-state index contributed by atoms with van der Waals surface area (Å²) < 4.78 is 7.91. The maximum Gasteiger partial charge on any atom is 0.335 e. The highest BCUT2D eigenvalue weighted by molar-refractivity contribution is 6.35. The van der Waals surface area contributed by atoms with Crippen molar-refractivity contribution in [1.82, 2.24) is 20.1 Å². The Morgan fingerprint density at radius 2 is 1.67 bits per heavy atom. The molecule has 0 bridgehead atoms. The third-order valence-corrected chi connectivity index (χ3v) is 9.48. The number of carbonyl (C=O) groups is 2. The fourth-order valence-corrected chi connectivity index (χ4v) is 6.54. The summed E-state index contributed by atoms with van der Waals surface area (Å²) in [5, 5.41) is 19.5. The molecule has 0 aliphatic carbocycles. The predicted octanol–water partition coefficient (Wildman–Crippen LogP) is 8.10. The number of aromatic amines is 1. The van der Waals surface area contributed by atoms with Crippen LogP contribution < -0.4 is 10.1 Å². The minimum absolute atomic E-state index is 0.244. The molecule has 0 fully saturated rings. The number of nitrogens with zero attached hydrogens (tertiary/aromatic N) is 2.